The zero-order chi connectivity index (χ0) is 11.4. The van der Waals surface area contributed by atoms with E-state index < -0.39 is 6.04 Å². The van der Waals surface area contributed by atoms with Crippen LogP contribution in [-0.2, 0) is 4.79 Å². The van der Waals surface area contributed by atoms with E-state index in [1.54, 1.807) is 0 Å². The summed E-state index contributed by atoms with van der Waals surface area (Å²) < 4.78 is 0. The van der Waals surface area contributed by atoms with Crippen LogP contribution in [0.15, 0.2) is 18.2 Å². The van der Waals surface area contributed by atoms with Crippen LogP contribution in [0.25, 0.3) is 0 Å². The number of nitrogens with two attached hydrogens (primary N) is 1. The van der Waals surface area contributed by atoms with Crippen LogP contribution in [-0.4, -0.2) is 11.9 Å². The molecule has 1 amide bonds. The van der Waals surface area contributed by atoms with Crippen LogP contribution in [0.2, 0.25) is 0 Å². The molecule has 0 radical (unpaired) electrons. The third-order valence-electron chi connectivity index (χ3n) is 2.27. The topological polar surface area (TPSA) is 55.1 Å². The molecule has 0 heterocycles. The lowest BCUT2D eigenvalue weighted by Crippen LogP contribution is -2.34. The predicted molar refractivity (Wildman–Crippen MR) is 62.8 cm³/mol. The van der Waals surface area contributed by atoms with Gasteiger partial charge in [-0.15, -0.1) is 0 Å². The van der Waals surface area contributed by atoms with E-state index in [2.05, 4.69) is 11.4 Å². The molecular weight excluding hydrogens is 188 g/mol. The molecule has 1 aromatic rings. The van der Waals surface area contributed by atoms with Gasteiger partial charge in [0.15, 0.2) is 0 Å². The fourth-order valence-corrected chi connectivity index (χ4v) is 1.47. The number of rotatable bonds is 3. The van der Waals surface area contributed by atoms with E-state index in [4.69, 9.17) is 5.73 Å². The van der Waals surface area contributed by atoms with Gasteiger partial charge in [0.05, 0.1) is 6.04 Å². The van der Waals surface area contributed by atoms with Crippen molar-refractivity contribution in [2.24, 2.45) is 5.73 Å². The Morgan fingerprint density at radius 3 is 2.33 bits per heavy atom. The number of aryl methyl sites for hydroxylation is 2. The van der Waals surface area contributed by atoms with E-state index >= 15 is 0 Å². The highest BCUT2D eigenvalue weighted by molar-refractivity contribution is 5.94. The summed E-state index contributed by atoms with van der Waals surface area (Å²) in [5.41, 5.74) is 8.72. The van der Waals surface area contributed by atoms with Gasteiger partial charge in [0.25, 0.3) is 0 Å². The van der Waals surface area contributed by atoms with Crippen LogP contribution < -0.4 is 11.1 Å². The zero-order valence-corrected chi connectivity index (χ0v) is 9.50. The summed E-state index contributed by atoms with van der Waals surface area (Å²) in [7, 11) is 0. The predicted octanol–water partition coefficient (Wildman–Crippen LogP) is 1.98. The number of anilines is 1. The standard InChI is InChI=1S/C12H18N2O/c1-4-11(13)12(15)14-10-6-8(2)5-9(3)7-10/h5-7,11H,4,13H2,1-3H3,(H,14,15). The van der Waals surface area contributed by atoms with E-state index in [1.807, 2.05) is 32.9 Å². The molecule has 0 aliphatic carbocycles. The highest BCUT2D eigenvalue weighted by atomic mass is 16.2. The fourth-order valence-electron chi connectivity index (χ4n) is 1.47. The largest absolute Gasteiger partial charge is 0.325 e. The first kappa shape index (κ1) is 11.7. The van der Waals surface area contributed by atoms with Crippen LogP contribution in [0.4, 0.5) is 5.69 Å². The van der Waals surface area contributed by atoms with Gasteiger partial charge >= 0.3 is 0 Å². The van der Waals surface area contributed by atoms with Crippen LogP contribution in [0.1, 0.15) is 24.5 Å². The molecule has 82 valence electrons. The average Bonchev–Trinajstić information content (AvgIpc) is 2.14. The Balaban J connectivity index is 2.76. The lowest BCUT2D eigenvalue weighted by molar-refractivity contribution is -0.117. The maximum atomic E-state index is 11.5. The normalized spacial score (nSPS) is 12.3. The van der Waals surface area contributed by atoms with Gasteiger partial charge in [-0.2, -0.15) is 0 Å². The molecule has 0 saturated carbocycles. The van der Waals surface area contributed by atoms with Crippen molar-refractivity contribution in [3.05, 3.63) is 29.3 Å². The lowest BCUT2D eigenvalue weighted by atomic mass is 10.1. The second-order valence-corrected chi connectivity index (χ2v) is 3.88. The molecule has 3 N–H and O–H groups in total. The Morgan fingerprint density at radius 1 is 1.33 bits per heavy atom. The van der Waals surface area contributed by atoms with Crippen LogP contribution in [0.5, 0.6) is 0 Å². The molecule has 0 aromatic heterocycles. The smallest absolute Gasteiger partial charge is 0.241 e. The molecule has 0 fully saturated rings. The fraction of sp³-hybridized carbons (Fsp3) is 0.417. The van der Waals surface area contributed by atoms with Crippen LogP contribution >= 0.6 is 0 Å². The number of carbonyl (C=O) groups is 1. The van der Waals surface area contributed by atoms with Gasteiger partial charge in [0.1, 0.15) is 0 Å². The summed E-state index contributed by atoms with van der Waals surface area (Å²) in [6.45, 7) is 5.90. The van der Waals surface area contributed by atoms with Crippen molar-refractivity contribution in [1.82, 2.24) is 0 Å². The van der Waals surface area contributed by atoms with Crippen molar-refractivity contribution in [2.75, 3.05) is 5.32 Å². The summed E-state index contributed by atoms with van der Waals surface area (Å²) in [6, 6.07) is 5.52. The third kappa shape index (κ3) is 3.36. The van der Waals surface area contributed by atoms with E-state index in [9.17, 15) is 4.79 Å². The van der Waals surface area contributed by atoms with Gasteiger partial charge in [0, 0.05) is 5.69 Å². The summed E-state index contributed by atoms with van der Waals surface area (Å²) in [4.78, 5) is 11.5. The molecule has 1 atom stereocenters. The van der Waals surface area contributed by atoms with E-state index in [1.165, 1.54) is 0 Å². The van der Waals surface area contributed by atoms with Gasteiger partial charge in [-0.1, -0.05) is 13.0 Å². The zero-order valence-electron chi connectivity index (χ0n) is 9.50. The summed E-state index contributed by atoms with van der Waals surface area (Å²) in [6.07, 6.45) is 0.649. The Morgan fingerprint density at radius 2 is 1.87 bits per heavy atom. The SMILES string of the molecule is CCC(N)C(=O)Nc1cc(C)cc(C)c1. The Bertz CT molecular complexity index is 340. The van der Waals surface area contributed by atoms with Gasteiger partial charge < -0.3 is 11.1 Å². The average molecular weight is 206 g/mol. The van der Waals surface area contributed by atoms with Crippen molar-refractivity contribution in [1.29, 1.82) is 0 Å². The monoisotopic (exact) mass is 206 g/mol. The summed E-state index contributed by atoms with van der Waals surface area (Å²) >= 11 is 0. The highest BCUT2D eigenvalue weighted by Crippen LogP contribution is 2.13. The van der Waals surface area contributed by atoms with Crippen molar-refractivity contribution in [3.63, 3.8) is 0 Å². The molecule has 0 aliphatic heterocycles. The second kappa shape index (κ2) is 4.94. The maximum Gasteiger partial charge on any atom is 0.241 e. The van der Waals surface area contributed by atoms with Crippen molar-refractivity contribution >= 4 is 11.6 Å². The number of benzene rings is 1. The molecule has 0 saturated heterocycles. The first-order chi connectivity index (χ1) is 7.02. The number of nitrogens with one attached hydrogen (secondary N) is 1. The second-order valence-electron chi connectivity index (χ2n) is 3.88. The van der Waals surface area contributed by atoms with Crippen LogP contribution in [0.3, 0.4) is 0 Å². The first-order valence-electron chi connectivity index (χ1n) is 5.17. The lowest BCUT2D eigenvalue weighted by Gasteiger charge is -2.11. The van der Waals surface area contributed by atoms with Gasteiger partial charge in [0.2, 0.25) is 5.91 Å². The first-order valence-corrected chi connectivity index (χ1v) is 5.17. The number of amides is 1. The van der Waals surface area contributed by atoms with E-state index in [-0.39, 0.29) is 5.91 Å². The van der Waals surface area contributed by atoms with Gasteiger partial charge in [-0.25, -0.2) is 0 Å². The minimum Gasteiger partial charge on any atom is -0.325 e. The van der Waals surface area contributed by atoms with E-state index in [0.29, 0.717) is 6.42 Å². The van der Waals surface area contributed by atoms with Crippen molar-refractivity contribution in [2.45, 2.75) is 33.2 Å². The molecule has 3 nitrogen and oxygen atoms in total. The highest BCUT2D eigenvalue weighted by Gasteiger charge is 2.10. The number of hydrogen-bond donors (Lipinski definition) is 2. The third-order valence-corrected chi connectivity index (χ3v) is 2.27. The maximum absolute atomic E-state index is 11.5. The minimum atomic E-state index is -0.425. The summed E-state index contributed by atoms with van der Waals surface area (Å²) in [5, 5.41) is 2.81. The molecule has 1 aromatic carbocycles. The summed E-state index contributed by atoms with van der Waals surface area (Å²) in [5.74, 6) is -0.123. The van der Waals surface area contributed by atoms with Crippen LogP contribution in [0, 0.1) is 13.8 Å². The van der Waals surface area contributed by atoms with Crippen molar-refractivity contribution in [3.8, 4) is 0 Å². The Hall–Kier alpha value is -1.35. The molecular formula is C12H18N2O. The quantitative estimate of drug-likeness (QED) is 0.794. The van der Waals surface area contributed by atoms with Gasteiger partial charge in [-0.05, 0) is 43.5 Å². The molecule has 0 bridgehead atoms. The molecule has 3 heteroatoms. The van der Waals surface area contributed by atoms with Gasteiger partial charge in [-0.3, -0.25) is 4.79 Å². The molecule has 1 unspecified atom stereocenters. The molecule has 1 rings (SSSR count). The Kier molecular flexibility index (Phi) is 3.86. The Labute approximate surface area is 90.7 Å². The molecule has 0 aliphatic rings. The number of hydrogen-bond acceptors (Lipinski definition) is 2. The van der Waals surface area contributed by atoms with Crippen molar-refractivity contribution < 1.29 is 4.79 Å². The molecule has 15 heavy (non-hydrogen) atoms. The molecule has 0 spiro atoms. The van der Waals surface area contributed by atoms with E-state index in [0.717, 1.165) is 16.8 Å². The minimum absolute atomic E-state index is 0.123. The number of carbonyl (C=O) groups excluding carboxylic acids is 1.